The maximum Gasteiger partial charge on any atom is 0.254 e. The molecule has 0 aliphatic carbocycles. The second-order valence-corrected chi connectivity index (χ2v) is 6.11. The van der Waals surface area contributed by atoms with Crippen molar-refractivity contribution in [2.24, 2.45) is 0 Å². The molecule has 1 amide bonds. The van der Waals surface area contributed by atoms with Crippen LogP contribution in [0.4, 0.5) is 5.95 Å². The highest BCUT2D eigenvalue weighted by Crippen LogP contribution is 2.12. The normalized spacial score (nSPS) is 10.3. The highest BCUT2D eigenvalue weighted by molar-refractivity contribution is 5.93. The van der Waals surface area contributed by atoms with Gasteiger partial charge in [-0.2, -0.15) is 0 Å². The second-order valence-electron chi connectivity index (χ2n) is 6.11. The van der Waals surface area contributed by atoms with Gasteiger partial charge in [0.05, 0.1) is 12.7 Å². The summed E-state index contributed by atoms with van der Waals surface area (Å²) in [5, 5.41) is 6.03. The highest BCUT2D eigenvalue weighted by Gasteiger charge is 2.08. The summed E-state index contributed by atoms with van der Waals surface area (Å²) in [5.74, 6) is 1.09. The van der Waals surface area contributed by atoms with Gasteiger partial charge in [0, 0.05) is 25.5 Å². The quantitative estimate of drug-likeness (QED) is 0.674. The molecule has 0 spiro atoms. The predicted octanol–water partition coefficient (Wildman–Crippen LogP) is 3.34. The third-order valence-corrected chi connectivity index (χ3v) is 4.22. The number of ether oxygens (including phenoxy) is 1. The summed E-state index contributed by atoms with van der Waals surface area (Å²) in [4.78, 5) is 20.7. The van der Waals surface area contributed by atoms with Crippen LogP contribution in [-0.4, -0.2) is 23.0 Å². The Morgan fingerprint density at radius 3 is 2.37 bits per heavy atom. The minimum atomic E-state index is -0.194. The Morgan fingerprint density at radius 1 is 1.00 bits per heavy atom. The lowest BCUT2D eigenvalue weighted by Gasteiger charge is -2.08. The summed E-state index contributed by atoms with van der Waals surface area (Å²) >= 11 is 0. The number of amides is 1. The van der Waals surface area contributed by atoms with E-state index in [1.54, 1.807) is 7.11 Å². The van der Waals surface area contributed by atoms with Crippen molar-refractivity contribution >= 4 is 11.9 Å². The number of hydrogen-bond donors (Lipinski definition) is 2. The summed E-state index contributed by atoms with van der Waals surface area (Å²) < 4.78 is 5.14. The Balaban J connectivity index is 1.53. The highest BCUT2D eigenvalue weighted by atomic mass is 16.5. The monoisotopic (exact) mass is 362 g/mol. The van der Waals surface area contributed by atoms with Crippen molar-refractivity contribution in [3.63, 3.8) is 0 Å². The Bertz CT molecular complexity index is 893. The number of benzene rings is 2. The molecule has 138 valence electrons. The van der Waals surface area contributed by atoms with Crippen LogP contribution in [0.25, 0.3) is 0 Å². The SMILES string of the molecule is COc1ccc(CNc2ncc(C(=O)NCc3ccccc3C)cn2)cc1. The second kappa shape index (κ2) is 8.80. The summed E-state index contributed by atoms with van der Waals surface area (Å²) in [6.07, 6.45) is 3.05. The first-order valence-electron chi connectivity index (χ1n) is 8.67. The fourth-order valence-corrected chi connectivity index (χ4v) is 2.55. The Morgan fingerprint density at radius 2 is 1.70 bits per heavy atom. The Hall–Kier alpha value is -3.41. The Labute approximate surface area is 158 Å². The first kappa shape index (κ1) is 18.4. The number of nitrogens with one attached hydrogen (secondary N) is 2. The number of carbonyl (C=O) groups excluding carboxylic acids is 1. The fraction of sp³-hybridized carbons (Fsp3) is 0.190. The molecule has 6 heteroatoms. The fourth-order valence-electron chi connectivity index (χ4n) is 2.55. The molecule has 0 bridgehead atoms. The van der Waals surface area contributed by atoms with E-state index in [-0.39, 0.29) is 5.91 Å². The molecule has 0 radical (unpaired) electrons. The van der Waals surface area contributed by atoms with Crippen molar-refractivity contribution in [1.29, 1.82) is 0 Å². The van der Waals surface area contributed by atoms with Crippen LogP contribution in [0.15, 0.2) is 60.9 Å². The van der Waals surface area contributed by atoms with E-state index in [9.17, 15) is 4.79 Å². The van der Waals surface area contributed by atoms with E-state index in [1.165, 1.54) is 12.4 Å². The molecule has 3 rings (SSSR count). The maximum absolute atomic E-state index is 12.3. The molecular weight excluding hydrogens is 340 g/mol. The molecule has 0 fully saturated rings. The summed E-state index contributed by atoms with van der Waals surface area (Å²) in [6, 6.07) is 15.7. The molecule has 0 saturated heterocycles. The van der Waals surface area contributed by atoms with Crippen LogP contribution < -0.4 is 15.4 Å². The van der Waals surface area contributed by atoms with Crippen molar-refractivity contribution in [2.75, 3.05) is 12.4 Å². The Kier molecular flexibility index (Phi) is 5.99. The zero-order valence-corrected chi connectivity index (χ0v) is 15.4. The number of hydrogen-bond acceptors (Lipinski definition) is 5. The van der Waals surface area contributed by atoms with E-state index >= 15 is 0 Å². The van der Waals surface area contributed by atoms with E-state index < -0.39 is 0 Å². The van der Waals surface area contributed by atoms with E-state index in [0.29, 0.717) is 24.6 Å². The van der Waals surface area contributed by atoms with Gasteiger partial charge in [-0.3, -0.25) is 4.79 Å². The molecular formula is C21H22N4O2. The van der Waals surface area contributed by atoms with Crippen LogP contribution in [-0.2, 0) is 13.1 Å². The third-order valence-electron chi connectivity index (χ3n) is 4.22. The smallest absolute Gasteiger partial charge is 0.254 e. The average molecular weight is 362 g/mol. The molecule has 0 aliphatic rings. The van der Waals surface area contributed by atoms with Crippen LogP contribution in [0.1, 0.15) is 27.0 Å². The van der Waals surface area contributed by atoms with E-state index in [2.05, 4.69) is 20.6 Å². The molecule has 1 heterocycles. The van der Waals surface area contributed by atoms with Gasteiger partial charge in [0.2, 0.25) is 5.95 Å². The first-order valence-corrected chi connectivity index (χ1v) is 8.67. The van der Waals surface area contributed by atoms with E-state index in [4.69, 9.17) is 4.74 Å². The summed E-state index contributed by atoms with van der Waals surface area (Å²) in [6.45, 7) is 3.08. The lowest BCUT2D eigenvalue weighted by atomic mass is 10.1. The largest absolute Gasteiger partial charge is 0.497 e. The molecule has 1 aromatic heterocycles. The van der Waals surface area contributed by atoms with Crippen LogP contribution in [0.2, 0.25) is 0 Å². The van der Waals surface area contributed by atoms with Gasteiger partial charge in [0.25, 0.3) is 5.91 Å². The lowest BCUT2D eigenvalue weighted by Crippen LogP contribution is -2.23. The van der Waals surface area contributed by atoms with E-state index in [0.717, 1.165) is 22.4 Å². The number of anilines is 1. The van der Waals surface area contributed by atoms with Crippen LogP contribution >= 0.6 is 0 Å². The number of aryl methyl sites for hydroxylation is 1. The van der Waals surface area contributed by atoms with Gasteiger partial charge in [-0.25, -0.2) is 9.97 Å². The molecule has 2 aromatic carbocycles. The zero-order valence-electron chi connectivity index (χ0n) is 15.4. The van der Waals surface area contributed by atoms with Gasteiger partial charge in [-0.05, 0) is 35.7 Å². The van der Waals surface area contributed by atoms with Crippen LogP contribution in [0.3, 0.4) is 0 Å². The van der Waals surface area contributed by atoms with Crippen LogP contribution in [0.5, 0.6) is 5.75 Å². The minimum Gasteiger partial charge on any atom is -0.497 e. The zero-order chi connectivity index (χ0) is 19.1. The topological polar surface area (TPSA) is 76.1 Å². The van der Waals surface area contributed by atoms with Crippen molar-refractivity contribution in [1.82, 2.24) is 15.3 Å². The average Bonchev–Trinajstić information content (AvgIpc) is 2.72. The predicted molar refractivity (Wildman–Crippen MR) is 105 cm³/mol. The van der Waals surface area contributed by atoms with Gasteiger partial charge < -0.3 is 15.4 Å². The molecule has 3 aromatic rings. The van der Waals surface area contributed by atoms with Gasteiger partial charge in [0.15, 0.2) is 0 Å². The molecule has 0 saturated carbocycles. The summed E-state index contributed by atoms with van der Waals surface area (Å²) in [7, 11) is 1.64. The van der Waals surface area contributed by atoms with Gasteiger partial charge in [0.1, 0.15) is 5.75 Å². The first-order chi connectivity index (χ1) is 13.2. The molecule has 2 N–H and O–H groups in total. The van der Waals surface area contributed by atoms with E-state index in [1.807, 2.05) is 55.5 Å². The van der Waals surface area contributed by atoms with Gasteiger partial charge in [-0.15, -0.1) is 0 Å². The summed E-state index contributed by atoms with van der Waals surface area (Å²) in [5.41, 5.74) is 3.75. The molecule has 0 atom stereocenters. The maximum atomic E-state index is 12.3. The number of aromatic nitrogens is 2. The number of nitrogens with zero attached hydrogens (tertiary/aromatic N) is 2. The van der Waals surface area contributed by atoms with Crippen molar-refractivity contribution in [3.05, 3.63) is 83.2 Å². The van der Waals surface area contributed by atoms with Crippen molar-refractivity contribution < 1.29 is 9.53 Å². The van der Waals surface area contributed by atoms with Crippen molar-refractivity contribution in [2.45, 2.75) is 20.0 Å². The number of rotatable bonds is 7. The molecule has 27 heavy (non-hydrogen) atoms. The molecule has 0 aliphatic heterocycles. The lowest BCUT2D eigenvalue weighted by molar-refractivity contribution is 0.0950. The van der Waals surface area contributed by atoms with Crippen LogP contribution in [0, 0.1) is 6.92 Å². The standard InChI is InChI=1S/C21H22N4O2/c1-15-5-3-4-6-17(15)12-22-20(26)18-13-24-21(25-14-18)23-11-16-7-9-19(27-2)10-8-16/h3-10,13-14H,11-12H2,1-2H3,(H,22,26)(H,23,24,25). The third kappa shape index (κ3) is 5.04. The molecule has 0 unspecified atom stereocenters. The molecule has 6 nitrogen and oxygen atoms in total. The van der Waals surface area contributed by atoms with Gasteiger partial charge >= 0.3 is 0 Å². The number of carbonyl (C=O) groups is 1. The van der Waals surface area contributed by atoms with Crippen molar-refractivity contribution in [3.8, 4) is 5.75 Å². The number of methoxy groups -OCH3 is 1. The minimum absolute atomic E-state index is 0.194. The van der Waals surface area contributed by atoms with Gasteiger partial charge in [-0.1, -0.05) is 36.4 Å².